The van der Waals surface area contributed by atoms with E-state index in [9.17, 15) is 5.26 Å². The fraction of sp³-hybridized carbons (Fsp3) is 0.318. The van der Waals surface area contributed by atoms with Gasteiger partial charge in [-0.15, -0.1) is 0 Å². The molecule has 3 aromatic rings. The maximum atomic E-state index is 9.51. The third-order valence-electron chi connectivity index (χ3n) is 5.67. The van der Waals surface area contributed by atoms with E-state index in [0.717, 1.165) is 59.3 Å². The number of nitrogens with two attached hydrogens (primary N) is 1. The number of aryl methyl sites for hydroxylation is 1. The highest BCUT2D eigenvalue weighted by molar-refractivity contribution is 5.98. The SMILES string of the molecule is Cc1cc2c(cc1C#N)c(-c1cccc(N)c1C)cn2C1CCNCC1. The number of piperidine rings is 1. The third-order valence-corrected chi connectivity index (χ3v) is 5.67. The second-order valence-corrected chi connectivity index (χ2v) is 7.25. The van der Waals surface area contributed by atoms with Crippen molar-refractivity contribution >= 4 is 16.6 Å². The Morgan fingerprint density at radius 2 is 1.92 bits per heavy atom. The van der Waals surface area contributed by atoms with Crippen LogP contribution in [0.4, 0.5) is 5.69 Å². The highest BCUT2D eigenvalue weighted by Crippen LogP contribution is 2.38. The number of anilines is 1. The lowest BCUT2D eigenvalue weighted by molar-refractivity contribution is 0.376. The number of nitrogen functional groups attached to an aromatic ring is 1. The van der Waals surface area contributed by atoms with Gasteiger partial charge in [0.25, 0.3) is 0 Å². The van der Waals surface area contributed by atoms with Gasteiger partial charge < -0.3 is 15.6 Å². The fourth-order valence-electron chi connectivity index (χ4n) is 4.07. The molecule has 132 valence electrons. The summed E-state index contributed by atoms with van der Waals surface area (Å²) in [6.45, 7) is 6.18. The average Bonchev–Trinajstić information content (AvgIpc) is 3.02. The molecule has 0 bridgehead atoms. The molecule has 1 saturated heterocycles. The molecule has 0 amide bonds. The van der Waals surface area contributed by atoms with Crippen LogP contribution in [-0.4, -0.2) is 17.7 Å². The van der Waals surface area contributed by atoms with Gasteiger partial charge in [0.05, 0.1) is 11.6 Å². The summed E-state index contributed by atoms with van der Waals surface area (Å²) in [5.41, 5.74) is 13.4. The van der Waals surface area contributed by atoms with E-state index in [1.807, 2.05) is 25.1 Å². The number of hydrogen-bond donors (Lipinski definition) is 2. The fourth-order valence-corrected chi connectivity index (χ4v) is 4.07. The van der Waals surface area contributed by atoms with Crippen LogP contribution >= 0.6 is 0 Å². The number of nitriles is 1. The molecule has 2 heterocycles. The molecule has 1 aromatic heterocycles. The summed E-state index contributed by atoms with van der Waals surface area (Å²) < 4.78 is 2.42. The van der Waals surface area contributed by atoms with E-state index >= 15 is 0 Å². The van der Waals surface area contributed by atoms with Gasteiger partial charge in [0.1, 0.15) is 0 Å². The van der Waals surface area contributed by atoms with Crippen LogP contribution < -0.4 is 11.1 Å². The van der Waals surface area contributed by atoms with Gasteiger partial charge in [-0.25, -0.2) is 0 Å². The third kappa shape index (κ3) is 2.65. The van der Waals surface area contributed by atoms with Crippen molar-refractivity contribution in [1.29, 1.82) is 5.26 Å². The number of nitrogens with zero attached hydrogens (tertiary/aromatic N) is 2. The number of aromatic nitrogens is 1. The van der Waals surface area contributed by atoms with Gasteiger partial charge in [0.15, 0.2) is 0 Å². The molecular formula is C22H24N4. The zero-order valence-electron chi connectivity index (χ0n) is 15.3. The molecule has 4 heteroatoms. The van der Waals surface area contributed by atoms with Crippen molar-refractivity contribution in [1.82, 2.24) is 9.88 Å². The zero-order chi connectivity index (χ0) is 18.3. The molecule has 4 nitrogen and oxygen atoms in total. The lowest BCUT2D eigenvalue weighted by atomic mass is 9.97. The minimum Gasteiger partial charge on any atom is -0.398 e. The van der Waals surface area contributed by atoms with Crippen molar-refractivity contribution in [2.75, 3.05) is 18.8 Å². The number of benzene rings is 2. The molecule has 0 spiro atoms. The standard InChI is InChI=1S/C22H24N4/c1-14-10-22-19(11-16(14)12-23)20(18-4-3-5-21(24)15(18)2)13-26(22)17-6-8-25-9-7-17/h3-5,10-11,13,17,25H,6-9,24H2,1-2H3. The van der Waals surface area contributed by atoms with Gasteiger partial charge in [0, 0.05) is 34.4 Å². The van der Waals surface area contributed by atoms with Gasteiger partial charge in [-0.1, -0.05) is 12.1 Å². The molecule has 26 heavy (non-hydrogen) atoms. The maximum absolute atomic E-state index is 9.51. The predicted molar refractivity (Wildman–Crippen MR) is 107 cm³/mol. The first kappa shape index (κ1) is 16.7. The van der Waals surface area contributed by atoms with Crippen molar-refractivity contribution in [2.45, 2.75) is 32.7 Å². The Kier molecular flexibility index (Phi) is 4.18. The summed E-state index contributed by atoms with van der Waals surface area (Å²) in [6, 6.07) is 13.1. The van der Waals surface area contributed by atoms with Crippen LogP contribution in [0.2, 0.25) is 0 Å². The van der Waals surface area contributed by atoms with Crippen molar-refractivity contribution < 1.29 is 0 Å². The van der Waals surface area contributed by atoms with Crippen molar-refractivity contribution in [3.05, 3.63) is 53.2 Å². The summed E-state index contributed by atoms with van der Waals surface area (Å²) in [4.78, 5) is 0. The maximum Gasteiger partial charge on any atom is 0.0994 e. The second-order valence-electron chi connectivity index (χ2n) is 7.25. The minimum absolute atomic E-state index is 0.487. The number of nitrogens with one attached hydrogen (secondary N) is 1. The highest BCUT2D eigenvalue weighted by Gasteiger charge is 2.21. The number of fused-ring (bicyclic) bond motifs is 1. The van der Waals surface area contributed by atoms with Crippen molar-refractivity contribution in [3.8, 4) is 17.2 Å². The molecule has 1 aliphatic heterocycles. The minimum atomic E-state index is 0.487. The molecule has 4 rings (SSSR count). The smallest absolute Gasteiger partial charge is 0.0994 e. The van der Waals surface area contributed by atoms with Gasteiger partial charge >= 0.3 is 0 Å². The summed E-state index contributed by atoms with van der Waals surface area (Å²) >= 11 is 0. The Bertz CT molecular complexity index is 1020. The van der Waals surface area contributed by atoms with E-state index in [1.165, 1.54) is 11.1 Å². The molecule has 0 unspecified atom stereocenters. The van der Waals surface area contributed by atoms with Crippen LogP contribution in [0.3, 0.4) is 0 Å². The van der Waals surface area contributed by atoms with Crippen LogP contribution in [-0.2, 0) is 0 Å². The Labute approximate surface area is 154 Å². The molecule has 2 aromatic carbocycles. The largest absolute Gasteiger partial charge is 0.398 e. The lowest BCUT2D eigenvalue weighted by Gasteiger charge is -2.25. The van der Waals surface area contributed by atoms with Gasteiger partial charge in [0.2, 0.25) is 0 Å². The summed E-state index contributed by atoms with van der Waals surface area (Å²) in [6.07, 6.45) is 4.51. The normalized spacial score (nSPS) is 15.3. The molecule has 0 aliphatic carbocycles. The zero-order valence-corrected chi connectivity index (χ0v) is 15.3. The predicted octanol–water partition coefficient (Wildman–Crippen LogP) is 4.30. The first-order valence-corrected chi connectivity index (χ1v) is 9.21. The molecule has 1 fully saturated rings. The summed E-state index contributed by atoms with van der Waals surface area (Å²) in [5, 5.41) is 14.1. The monoisotopic (exact) mass is 344 g/mol. The van der Waals surface area contributed by atoms with Crippen molar-refractivity contribution in [3.63, 3.8) is 0 Å². The topological polar surface area (TPSA) is 66.8 Å². The first-order chi connectivity index (χ1) is 12.6. The lowest BCUT2D eigenvalue weighted by Crippen LogP contribution is -2.29. The van der Waals surface area contributed by atoms with Gasteiger partial charge in [-0.05, 0) is 74.7 Å². The Hall–Kier alpha value is -2.77. The second kappa shape index (κ2) is 6.51. The van der Waals surface area contributed by atoms with Crippen LogP contribution in [0.25, 0.3) is 22.0 Å². The number of hydrogen-bond acceptors (Lipinski definition) is 3. The van der Waals surface area contributed by atoms with Crippen molar-refractivity contribution in [2.24, 2.45) is 0 Å². The first-order valence-electron chi connectivity index (χ1n) is 9.21. The van der Waals surface area contributed by atoms with E-state index in [2.05, 4.69) is 41.2 Å². The number of rotatable bonds is 2. The van der Waals surface area contributed by atoms with Crippen LogP contribution in [0.1, 0.15) is 35.6 Å². The Morgan fingerprint density at radius 1 is 1.15 bits per heavy atom. The molecule has 1 aliphatic rings. The summed E-state index contributed by atoms with van der Waals surface area (Å²) in [5.74, 6) is 0. The van der Waals surface area contributed by atoms with Gasteiger partial charge in [-0.3, -0.25) is 0 Å². The van der Waals surface area contributed by atoms with E-state index in [1.54, 1.807) is 0 Å². The van der Waals surface area contributed by atoms with Crippen LogP contribution in [0, 0.1) is 25.2 Å². The van der Waals surface area contributed by atoms with Crippen LogP contribution in [0.5, 0.6) is 0 Å². The molecule has 0 radical (unpaired) electrons. The molecule has 0 atom stereocenters. The van der Waals surface area contributed by atoms with E-state index in [-0.39, 0.29) is 0 Å². The summed E-state index contributed by atoms with van der Waals surface area (Å²) in [7, 11) is 0. The van der Waals surface area contributed by atoms with E-state index in [4.69, 9.17) is 5.73 Å². The molecular weight excluding hydrogens is 320 g/mol. The molecule has 0 saturated carbocycles. The van der Waals surface area contributed by atoms with E-state index in [0.29, 0.717) is 6.04 Å². The Morgan fingerprint density at radius 3 is 2.65 bits per heavy atom. The van der Waals surface area contributed by atoms with Gasteiger partial charge in [-0.2, -0.15) is 5.26 Å². The van der Waals surface area contributed by atoms with E-state index < -0.39 is 0 Å². The quantitative estimate of drug-likeness (QED) is 0.681. The molecule has 3 N–H and O–H groups in total. The van der Waals surface area contributed by atoms with Crippen LogP contribution in [0.15, 0.2) is 36.5 Å². The average molecular weight is 344 g/mol. The Balaban J connectivity index is 2.00. The highest BCUT2D eigenvalue weighted by atomic mass is 15.0.